The van der Waals surface area contributed by atoms with E-state index in [1.54, 1.807) is 0 Å². The van der Waals surface area contributed by atoms with Gasteiger partial charge in [0, 0.05) is 25.3 Å². The summed E-state index contributed by atoms with van der Waals surface area (Å²) in [4.78, 5) is 67.7. The number of halogens is 6. The number of benzene rings is 3. The normalized spacial score (nSPS) is 25.0. The number of esters is 1. The molecule has 1 saturated heterocycles. The minimum absolute atomic E-state index is 0.00249. The van der Waals surface area contributed by atoms with Gasteiger partial charge in [-0.1, -0.05) is 78.3 Å². The van der Waals surface area contributed by atoms with Gasteiger partial charge in [-0.3, -0.25) is 19.2 Å². The van der Waals surface area contributed by atoms with E-state index in [0.717, 1.165) is 10.0 Å². The minimum atomic E-state index is -0.810. The van der Waals surface area contributed by atoms with Gasteiger partial charge < -0.3 is 4.74 Å². The van der Waals surface area contributed by atoms with Crippen LogP contribution in [0.4, 0.5) is 0 Å². The fourth-order valence-electron chi connectivity index (χ4n) is 6.36. The Bertz CT molecular complexity index is 1740. The molecule has 3 amide bonds. The maximum atomic E-state index is 13.9. The Balaban J connectivity index is 1.26. The molecule has 3 aliphatic rings. The first-order chi connectivity index (χ1) is 21.4. The van der Waals surface area contributed by atoms with Crippen molar-refractivity contribution in [2.24, 2.45) is 23.7 Å². The fourth-order valence-corrected chi connectivity index (χ4v) is 9.21. The highest BCUT2D eigenvalue weighted by Gasteiger charge is 2.67. The van der Waals surface area contributed by atoms with Crippen molar-refractivity contribution < 1.29 is 28.7 Å². The third kappa shape index (κ3) is 5.83. The standard InChI is InChI=1S/C31H20Br2Cl4N2O6/c32-26-19-11-20(27(26)33)25-24(19)29(42)39(30(25)43)38(28(41)17-7-3-14(34)9-21(17)36)12-23(40)13-1-5-16(6-2-13)45-31(44)18-8-4-15(35)10-22(18)37/h1-10,19-20,24-27H,11-12H2/t19-,20-,24-,25+,26-,27+/m1/s1. The molecule has 6 atom stereocenters. The molecule has 8 nitrogen and oxygen atoms in total. The summed E-state index contributed by atoms with van der Waals surface area (Å²) in [6.45, 7) is -0.640. The number of carbonyl (C=O) groups excluding carboxylic acids is 5. The molecule has 3 fully saturated rings. The third-order valence-electron chi connectivity index (χ3n) is 8.43. The van der Waals surface area contributed by atoms with Crippen molar-refractivity contribution >= 4 is 108 Å². The number of Topliss-reactive ketones (excluding diaryl/α,β-unsaturated/α-hetero) is 1. The summed E-state index contributed by atoms with van der Waals surface area (Å²) in [6, 6.07) is 14.1. The first-order valence-corrected chi connectivity index (χ1v) is 16.9. The number of ether oxygens (including phenoxy) is 1. The SMILES string of the molecule is O=C(CN(C(=O)c1ccc(Cl)cc1Cl)N1C(=O)[C@@H]2[C@H]3C[C@@H]([C@H](Br)[C@@H]3Br)[C@@H]2C1=O)c1ccc(OC(=O)c2ccc(Cl)cc2Cl)cc1. The average molecular weight is 818 g/mol. The van der Waals surface area contributed by atoms with Gasteiger partial charge >= 0.3 is 5.97 Å². The largest absolute Gasteiger partial charge is 0.423 e. The van der Waals surface area contributed by atoms with Gasteiger partial charge in [-0.25, -0.2) is 9.80 Å². The maximum absolute atomic E-state index is 13.9. The number of alkyl halides is 2. The van der Waals surface area contributed by atoms with Crippen LogP contribution in [-0.2, 0) is 9.59 Å². The van der Waals surface area contributed by atoms with Crippen LogP contribution in [0.3, 0.4) is 0 Å². The molecule has 2 saturated carbocycles. The molecule has 0 radical (unpaired) electrons. The van der Waals surface area contributed by atoms with Gasteiger partial charge in [0.2, 0.25) is 0 Å². The van der Waals surface area contributed by atoms with Gasteiger partial charge in [-0.05, 0) is 78.9 Å². The zero-order valence-electron chi connectivity index (χ0n) is 22.8. The summed E-state index contributed by atoms with van der Waals surface area (Å²) in [6.07, 6.45) is 0.698. The zero-order valence-corrected chi connectivity index (χ0v) is 29.0. The molecule has 3 aromatic rings. The second-order valence-electron chi connectivity index (χ2n) is 10.9. The summed E-state index contributed by atoms with van der Waals surface area (Å²) < 4.78 is 5.38. The van der Waals surface area contributed by atoms with E-state index in [0.29, 0.717) is 11.4 Å². The minimum Gasteiger partial charge on any atom is -0.423 e. The number of rotatable bonds is 7. The predicted octanol–water partition coefficient (Wildman–Crippen LogP) is 7.54. The maximum Gasteiger partial charge on any atom is 0.345 e. The third-order valence-corrected chi connectivity index (χ3v) is 12.7. The first-order valence-electron chi connectivity index (χ1n) is 13.6. The summed E-state index contributed by atoms with van der Waals surface area (Å²) >= 11 is 31.7. The molecule has 0 spiro atoms. The number of hydrogen-bond acceptors (Lipinski definition) is 6. The van der Waals surface area contributed by atoms with Crippen molar-refractivity contribution in [2.45, 2.75) is 16.1 Å². The van der Waals surface area contributed by atoms with Gasteiger partial charge in [-0.2, -0.15) is 5.01 Å². The molecule has 0 aromatic heterocycles. The highest BCUT2D eigenvalue weighted by atomic mass is 79.9. The molecule has 1 heterocycles. The Kier molecular flexibility index (Phi) is 9.10. The second kappa shape index (κ2) is 12.6. The first kappa shape index (κ1) is 32.5. The van der Waals surface area contributed by atoms with E-state index < -0.39 is 47.9 Å². The molecule has 0 unspecified atom stereocenters. The number of ketones is 1. The molecule has 3 aromatic carbocycles. The fraction of sp³-hybridized carbons (Fsp3) is 0.258. The predicted molar refractivity (Wildman–Crippen MR) is 176 cm³/mol. The van der Waals surface area contributed by atoms with Crippen LogP contribution in [0.1, 0.15) is 37.5 Å². The van der Waals surface area contributed by atoms with Gasteiger partial charge in [0.05, 0.1) is 33.0 Å². The van der Waals surface area contributed by atoms with E-state index in [4.69, 9.17) is 51.1 Å². The van der Waals surface area contributed by atoms with E-state index in [1.807, 2.05) is 0 Å². The lowest BCUT2D eigenvalue weighted by molar-refractivity contribution is -0.154. The van der Waals surface area contributed by atoms with Crippen molar-refractivity contribution in [1.82, 2.24) is 10.0 Å². The van der Waals surface area contributed by atoms with Crippen LogP contribution in [-0.4, -0.2) is 55.7 Å². The molecular weight excluding hydrogens is 798 g/mol. The van der Waals surface area contributed by atoms with Crippen LogP contribution in [0.15, 0.2) is 60.7 Å². The summed E-state index contributed by atoms with van der Waals surface area (Å²) in [5, 5.41) is 2.44. The number of hydrogen-bond donors (Lipinski definition) is 0. The van der Waals surface area contributed by atoms with Crippen LogP contribution in [0, 0.1) is 23.7 Å². The Labute approximate surface area is 294 Å². The van der Waals surface area contributed by atoms with Crippen LogP contribution < -0.4 is 4.74 Å². The molecule has 2 bridgehead atoms. The van der Waals surface area contributed by atoms with Gasteiger partial charge in [-0.15, -0.1) is 0 Å². The second-order valence-corrected chi connectivity index (χ2v) is 14.7. The van der Waals surface area contributed by atoms with Crippen LogP contribution in [0.25, 0.3) is 0 Å². The molecule has 45 heavy (non-hydrogen) atoms. The van der Waals surface area contributed by atoms with Crippen molar-refractivity contribution in [3.8, 4) is 5.75 Å². The topological polar surface area (TPSA) is 101 Å². The molecular formula is C31H20Br2Cl4N2O6. The van der Waals surface area contributed by atoms with Gasteiger partial charge in [0.15, 0.2) is 5.78 Å². The highest BCUT2D eigenvalue weighted by molar-refractivity contribution is 9.12. The Hall–Kier alpha value is -2.47. The quantitative estimate of drug-likeness (QED) is 0.0804. The highest BCUT2D eigenvalue weighted by Crippen LogP contribution is 2.60. The van der Waals surface area contributed by atoms with E-state index >= 15 is 0 Å². The molecule has 232 valence electrons. The van der Waals surface area contributed by atoms with Crippen molar-refractivity contribution in [3.63, 3.8) is 0 Å². The van der Waals surface area contributed by atoms with Crippen LogP contribution >= 0.6 is 78.3 Å². The summed E-state index contributed by atoms with van der Waals surface area (Å²) in [5.41, 5.74) is 0.209. The molecule has 2 aliphatic carbocycles. The van der Waals surface area contributed by atoms with Crippen molar-refractivity contribution in [3.05, 3.63) is 97.4 Å². The molecule has 6 rings (SSSR count). The van der Waals surface area contributed by atoms with E-state index in [2.05, 4.69) is 31.9 Å². The summed E-state index contributed by atoms with van der Waals surface area (Å²) in [7, 11) is 0. The lowest BCUT2D eigenvalue weighted by Gasteiger charge is -2.31. The number of carbonyl (C=O) groups is 5. The number of fused-ring (bicyclic) bond motifs is 5. The smallest absolute Gasteiger partial charge is 0.345 e. The number of hydrazine groups is 1. The molecule has 0 N–H and O–H groups in total. The van der Waals surface area contributed by atoms with Crippen LogP contribution in [0.5, 0.6) is 5.75 Å². The van der Waals surface area contributed by atoms with E-state index in [9.17, 15) is 24.0 Å². The summed E-state index contributed by atoms with van der Waals surface area (Å²) in [5.74, 6) is -4.48. The number of imide groups is 1. The molecule has 14 heteroatoms. The Morgan fingerprint density at radius 3 is 1.80 bits per heavy atom. The average Bonchev–Trinajstić information content (AvgIpc) is 3.60. The van der Waals surface area contributed by atoms with Crippen molar-refractivity contribution in [1.29, 1.82) is 0 Å². The molecule has 1 aliphatic heterocycles. The Morgan fingerprint density at radius 1 is 0.778 bits per heavy atom. The lowest BCUT2D eigenvalue weighted by Crippen LogP contribution is -2.52. The van der Waals surface area contributed by atoms with Crippen molar-refractivity contribution in [2.75, 3.05) is 6.54 Å². The van der Waals surface area contributed by atoms with Gasteiger partial charge in [0.25, 0.3) is 17.7 Å². The zero-order chi connectivity index (χ0) is 32.3. The van der Waals surface area contributed by atoms with E-state index in [1.165, 1.54) is 60.7 Å². The van der Waals surface area contributed by atoms with Gasteiger partial charge in [0.1, 0.15) is 12.3 Å². The van der Waals surface area contributed by atoms with E-state index in [-0.39, 0.29) is 59.0 Å². The number of amides is 3. The number of nitrogens with zero attached hydrogens (tertiary/aromatic N) is 2. The Morgan fingerprint density at radius 2 is 1.29 bits per heavy atom. The monoisotopic (exact) mass is 814 g/mol. The lowest BCUT2D eigenvalue weighted by atomic mass is 9.81. The van der Waals surface area contributed by atoms with Crippen LogP contribution in [0.2, 0.25) is 20.1 Å².